The zero-order valence-electron chi connectivity index (χ0n) is 12.4. The smallest absolute Gasteiger partial charge is 0.339 e. The Kier molecular flexibility index (Phi) is 4.99. The van der Waals surface area contributed by atoms with E-state index in [4.69, 9.17) is 0 Å². The van der Waals surface area contributed by atoms with Crippen molar-refractivity contribution in [3.63, 3.8) is 0 Å². The highest BCUT2D eigenvalue weighted by molar-refractivity contribution is 7.91. The van der Waals surface area contributed by atoms with Crippen LogP contribution in [-0.2, 0) is 24.2 Å². The van der Waals surface area contributed by atoms with Crippen molar-refractivity contribution in [3.8, 4) is 0 Å². The first kappa shape index (κ1) is 16.9. The molecule has 2 N–H and O–H groups in total. The molecule has 1 saturated heterocycles. The SMILES string of the molecule is COC(=O)c1ccccc1NC(=O)C(=O)NC1CCS(=O)(=O)C1. The van der Waals surface area contributed by atoms with Crippen molar-refractivity contribution in [3.05, 3.63) is 29.8 Å². The second kappa shape index (κ2) is 6.78. The van der Waals surface area contributed by atoms with Gasteiger partial charge in [0.1, 0.15) is 0 Å². The fourth-order valence-electron chi connectivity index (χ4n) is 2.22. The molecule has 1 aliphatic rings. The molecule has 23 heavy (non-hydrogen) atoms. The van der Waals surface area contributed by atoms with Crippen molar-refractivity contribution in [2.45, 2.75) is 12.5 Å². The van der Waals surface area contributed by atoms with Crippen LogP contribution in [0.25, 0.3) is 0 Å². The first-order valence-electron chi connectivity index (χ1n) is 6.82. The van der Waals surface area contributed by atoms with E-state index in [1.165, 1.54) is 19.2 Å². The maximum absolute atomic E-state index is 11.9. The lowest BCUT2D eigenvalue weighted by Crippen LogP contribution is -2.42. The van der Waals surface area contributed by atoms with E-state index in [1.54, 1.807) is 12.1 Å². The Balaban J connectivity index is 2.02. The fourth-order valence-corrected chi connectivity index (χ4v) is 3.89. The van der Waals surface area contributed by atoms with Crippen LogP contribution in [0.3, 0.4) is 0 Å². The van der Waals surface area contributed by atoms with Crippen molar-refractivity contribution in [2.75, 3.05) is 23.9 Å². The molecule has 2 rings (SSSR count). The molecule has 1 heterocycles. The number of sulfone groups is 1. The minimum Gasteiger partial charge on any atom is -0.465 e. The third-order valence-corrected chi connectivity index (χ3v) is 5.12. The molecule has 124 valence electrons. The lowest BCUT2D eigenvalue weighted by atomic mass is 10.2. The van der Waals surface area contributed by atoms with Gasteiger partial charge in [-0.2, -0.15) is 0 Å². The highest BCUT2D eigenvalue weighted by atomic mass is 32.2. The summed E-state index contributed by atoms with van der Waals surface area (Å²) in [6.45, 7) is 0. The van der Waals surface area contributed by atoms with Crippen molar-refractivity contribution in [1.82, 2.24) is 5.32 Å². The van der Waals surface area contributed by atoms with Gasteiger partial charge in [-0.15, -0.1) is 0 Å². The molecule has 8 nitrogen and oxygen atoms in total. The lowest BCUT2D eigenvalue weighted by molar-refractivity contribution is -0.136. The highest BCUT2D eigenvalue weighted by Gasteiger charge is 2.30. The number of hydrogen-bond donors (Lipinski definition) is 2. The fraction of sp³-hybridized carbons (Fsp3) is 0.357. The number of rotatable bonds is 3. The summed E-state index contributed by atoms with van der Waals surface area (Å²) in [6, 6.07) is 5.50. The maximum atomic E-state index is 11.9. The Morgan fingerprint density at radius 2 is 1.87 bits per heavy atom. The van der Waals surface area contributed by atoms with E-state index >= 15 is 0 Å². The van der Waals surface area contributed by atoms with Gasteiger partial charge in [-0.05, 0) is 18.6 Å². The molecule has 1 aromatic rings. The van der Waals surface area contributed by atoms with Crippen LogP contribution in [0.1, 0.15) is 16.8 Å². The van der Waals surface area contributed by atoms with Crippen molar-refractivity contribution >= 4 is 33.3 Å². The van der Waals surface area contributed by atoms with Gasteiger partial charge in [0.25, 0.3) is 0 Å². The zero-order chi connectivity index (χ0) is 17.0. The normalized spacial score (nSPS) is 18.9. The Hall–Kier alpha value is -2.42. The third-order valence-electron chi connectivity index (χ3n) is 3.35. The monoisotopic (exact) mass is 340 g/mol. The summed E-state index contributed by atoms with van der Waals surface area (Å²) in [5, 5.41) is 4.69. The first-order valence-corrected chi connectivity index (χ1v) is 8.64. The Labute approximate surface area is 133 Å². The average Bonchev–Trinajstić information content (AvgIpc) is 2.85. The molecule has 2 amide bonds. The van der Waals surface area contributed by atoms with Gasteiger partial charge in [-0.3, -0.25) is 9.59 Å². The number of amides is 2. The summed E-state index contributed by atoms with van der Waals surface area (Å²) >= 11 is 0. The van der Waals surface area contributed by atoms with Crippen LogP contribution in [0.2, 0.25) is 0 Å². The third kappa shape index (κ3) is 4.28. The second-order valence-corrected chi connectivity index (χ2v) is 7.29. The Morgan fingerprint density at radius 3 is 2.48 bits per heavy atom. The van der Waals surface area contributed by atoms with Gasteiger partial charge in [0, 0.05) is 6.04 Å². The summed E-state index contributed by atoms with van der Waals surface area (Å²) in [4.78, 5) is 35.3. The van der Waals surface area contributed by atoms with Crippen LogP contribution < -0.4 is 10.6 Å². The van der Waals surface area contributed by atoms with Gasteiger partial charge in [-0.25, -0.2) is 13.2 Å². The molecule has 0 aliphatic carbocycles. The van der Waals surface area contributed by atoms with Crippen LogP contribution in [0.4, 0.5) is 5.69 Å². The minimum atomic E-state index is -3.15. The van der Waals surface area contributed by atoms with E-state index in [9.17, 15) is 22.8 Å². The molecule has 0 aromatic heterocycles. The molecule has 1 aromatic carbocycles. The second-order valence-electron chi connectivity index (χ2n) is 5.06. The quantitative estimate of drug-likeness (QED) is 0.577. The number of para-hydroxylation sites is 1. The van der Waals surface area contributed by atoms with Gasteiger partial charge < -0.3 is 15.4 Å². The maximum Gasteiger partial charge on any atom is 0.339 e. The first-order chi connectivity index (χ1) is 10.8. The number of esters is 1. The summed E-state index contributed by atoms with van der Waals surface area (Å²) in [7, 11) is -1.95. The lowest BCUT2D eigenvalue weighted by Gasteiger charge is -2.12. The van der Waals surface area contributed by atoms with E-state index < -0.39 is 33.7 Å². The topological polar surface area (TPSA) is 119 Å². The van der Waals surface area contributed by atoms with Crippen LogP contribution >= 0.6 is 0 Å². The summed E-state index contributed by atoms with van der Waals surface area (Å²) in [5.41, 5.74) is 0.248. The molecule has 1 atom stereocenters. The van der Waals surface area contributed by atoms with Crippen LogP contribution in [0.5, 0.6) is 0 Å². The summed E-state index contributed by atoms with van der Waals surface area (Å²) in [5.74, 6) is -2.77. The van der Waals surface area contributed by atoms with Crippen LogP contribution in [-0.4, -0.2) is 50.9 Å². The van der Waals surface area contributed by atoms with Gasteiger partial charge in [0.15, 0.2) is 9.84 Å². The van der Waals surface area contributed by atoms with Crippen LogP contribution in [0.15, 0.2) is 24.3 Å². The molecule has 0 saturated carbocycles. The van der Waals surface area contributed by atoms with E-state index in [-0.39, 0.29) is 29.2 Å². The molecule has 1 aliphatic heterocycles. The van der Waals surface area contributed by atoms with E-state index in [0.717, 1.165) is 0 Å². The zero-order valence-corrected chi connectivity index (χ0v) is 13.2. The predicted molar refractivity (Wildman–Crippen MR) is 81.6 cm³/mol. The van der Waals surface area contributed by atoms with E-state index in [2.05, 4.69) is 15.4 Å². The van der Waals surface area contributed by atoms with Gasteiger partial charge in [-0.1, -0.05) is 12.1 Å². The molecule has 0 radical (unpaired) electrons. The number of benzene rings is 1. The number of nitrogens with one attached hydrogen (secondary N) is 2. The number of carbonyl (C=O) groups is 3. The van der Waals surface area contributed by atoms with Gasteiger partial charge in [0.05, 0.1) is 29.9 Å². The van der Waals surface area contributed by atoms with Crippen molar-refractivity contribution in [1.29, 1.82) is 0 Å². The largest absolute Gasteiger partial charge is 0.465 e. The molecular weight excluding hydrogens is 324 g/mol. The summed E-state index contributed by atoms with van der Waals surface area (Å²) < 4.78 is 27.3. The standard InChI is InChI=1S/C14H16N2O6S/c1-22-14(19)10-4-2-3-5-11(10)16-13(18)12(17)15-9-6-7-23(20,21)8-9/h2-5,9H,6-8H2,1H3,(H,15,17)(H,16,18). The highest BCUT2D eigenvalue weighted by Crippen LogP contribution is 2.16. The Bertz CT molecular complexity index is 743. The van der Waals surface area contributed by atoms with E-state index in [0.29, 0.717) is 0 Å². The molecule has 9 heteroatoms. The average molecular weight is 340 g/mol. The van der Waals surface area contributed by atoms with Gasteiger partial charge in [0.2, 0.25) is 0 Å². The minimum absolute atomic E-state index is 0.00919. The van der Waals surface area contributed by atoms with Gasteiger partial charge >= 0.3 is 17.8 Å². The summed E-state index contributed by atoms with van der Waals surface area (Å²) in [6.07, 6.45) is 0.278. The number of hydrogen-bond acceptors (Lipinski definition) is 6. The predicted octanol–water partition coefficient (Wildman–Crippen LogP) is -0.285. The van der Waals surface area contributed by atoms with Crippen LogP contribution in [0, 0.1) is 0 Å². The molecule has 1 unspecified atom stereocenters. The molecular formula is C14H16N2O6S. The molecule has 0 bridgehead atoms. The number of ether oxygens (including phenoxy) is 1. The number of anilines is 1. The number of carbonyl (C=O) groups excluding carboxylic acids is 3. The molecule has 1 fully saturated rings. The Morgan fingerprint density at radius 1 is 1.17 bits per heavy atom. The van der Waals surface area contributed by atoms with E-state index in [1.807, 2.05) is 0 Å². The van der Waals surface area contributed by atoms with Crippen molar-refractivity contribution in [2.24, 2.45) is 0 Å². The number of methoxy groups -OCH3 is 1. The van der Waals surface area contributed by atoms with Crippen molar-refractivity contribution < 1.29 is 27.5 Å². The molecule has 0 spiro atoms.